The van der Waals surface area contributed by atoms with E-state index in [0.717, 1.165) is 6.07 Å². The number of carbonyl (C=O) groups excluding carboxylic acids is 1. The molecule has 6 nitrogen and oxygen atoms in total. The summed E-state index contributed by atoms with van der Waals surface area (Å²) >= 11 is 5.74. The van der Waals surface area contributed by atoms with E-state index in [1.807, 2.05) is 0 Å². The Morgan fingerprint density at radius 2 is 1.95 bits per heavy atom. The van der Waals surface area contributed by atoms with Crippen LogP contribution in [0.3, 0.4) is 0 Å². The molecule has 0 spiro atoms. The number of aromatic carboxylic acids is 1. The molecule has 0 aliphatic rings. The van der Waals surface area contributed by atoms with Crippen LogP contribution >= 0.6 is 11.6 Å². The molecule has 2 aromatic rings. The van der Waals surface area contributed by atoms with Crippen LogP contribution in [0.1, 0.15) is 20.8 Å². The van der Waals surface area contributed by atoms with Crippen molar-refractivity contribution in [3.8, 4) is 5.75 Å². The zero-order valence-corrected chi connectivity index (χ0v) is 10.8. The van der Waals surface area contributed by atoms with Gasteiger partial charge in [0.15, 0.2) is 0 Å². The zero-order chi connectivity index (χ0) is 14.7. The lowest BCUT2D eigenvalue weighted by molar-refractivity contribution is 0.0696. The fourth-order valence-corrected chi connectivity index (χ4v) is 1.65. The highest BCUT2D eigenvalue weighted by Gasteiger charge is 2.12. The molecular formula is C13H9ClN2O4. The van der Waals surface area contributed by atoms with Crippen LogP contribution in [0.2, 0.25) is 5.02 Å². The number of hydrogen-bond acceptors (Lipinski definition) is 4. The number of anilines is 1. The van der Waals surface area contributed by atoms with Crippen molar-refractivity contribution in [1.29, 1.82) is 0 Å². The Labute approximate surface area is 118 Å². The molecule has 0 radical (unpaired) electrons. The Hall–Kier alpha value is -2.60. The summed E-state index contributed by atoms with van der Waals surface area (Å²) in [6.45, 7) is 0. The number of carboxylic acid groups (broad SMARTS) is 1. The number of benzene rings is 1. The molecular weight excluding hydrogens is 284 g/mol. The van der Waals surface area contributed by atoms with Gasteiger partial charge in [-0.15, -0.1) is 0 Å². The average molecular weight is 293 g/mol. The van der Waals surface area contributed by atoms with Crippen LogP contribution in [-0.4, -0.2) is 27.1 Å². The van der Waals surface area contributed by atoms with Gasteiger partial charge in [0.1, 0.15) is 11.4 Å². The van der Waals surface area contributed by atoms with Gasteiger partial charge in [-0.2, -0.15) is 0 Å². The third-order valence-corrected chi connectivity index (χ3v) is 2.68. The maximum Gasteiger partial charge on any atom is 0.335 e. The number of carboxylic acids is 1. The zero-order valence-electron chi connectivity index (χ0n) is 10.0. The second kappa shape index (κ2) is 5.58. The third-order valence-electron chi connectivity index (χ3n) is 2.45. The van der Waals surface area contributed by atoms with Gasteiger partial charge in [-0.3, -0.25) is 9.78 Å². The molecule has 1 aromatic heterocycles. The lowest BCUT2D eigenvalue weighted by atomic mass is 10.2. The number of halogens is 1. The highest BCUT2D eigenvalue weighted by atomic mass is 35.5. The first-order valence-electron chi connectivity index (χ1n) is 5.46. The number of carbonyl (C=O) groups is 2. The van der Waals surface area contributed by atoms with Crippen LogP contribution in [0.4, 0.5) is 5.69 Å². The summed E-state index contributed by atoms with van der Waals surface area (Å²) in [6.07, 6.45) is 1.38. The number of pyridine rings is 1. The molecule has 0 aliphatic heterocycles. The van der Waals surface area contributed by atoms with Gasteiger partial charge in [-0.05, 0) is 30.3 Å². The standard InChI is InChI=1S/C13H9ClN2O4/c14-8-3-4-15-10(6-8)12(18)16-9-2-1-7(13(19)20)5-11(9)17/h1-6,17H,(H,16,18)(H,19,20). The second-order valence-corrected chi connectivity index (χ2v) is 4.29. The van der Waals surface area contributed by atoms with Gasteiger partial charge < -0.3 is 15.5 Å². The normalized spacial score (nSPS) is 10.1. The van der Waals surface area contributed by atoms with E-state index < -0.39 is 11.9 Å². The lowest BCUT2D eigenvalue weighted by Crippen LogP contribution is -2.13. The number of phenols is 1. The van der Waals surface area contributed by atoms with Crippen molar-refractivity contribution in [2.24, 2.45) is 0 Å². The van der Waals surface area contributed by atoms with Crippen LogP contribution in [0.5, 0.6) is 5.75 Å². The largest absolute Gasteiger partial charge is 0.506 e. The summed E-state index contributed by atoms with van der Waals surface area (Å²) in [5.74, 6) is -2.08. The smallest absolute Gasteiger partial charge is 0.335 e. The molecule has 0 unspecified atom stereocenters. The number of hydrogen-bond donors (Lipinski definition) is 3. The van der Waals surface area contributed by atoms with Crippen molar-refractivity contribution in [2.45, 2.75) is 0 Å². The highest BCUT2D eigenvalue weighted by Crippen LogP contribution is 2.24. The molecule has 20 heavy (non-hydrogen) atoms. The number of rotatable bonds is 3. The topological polar surface area (TPSA) is 99.5 Å². The Kier molecular flexibility index (Phi) is 3.86. The molecule has 7 heteroatoms. The van der Waals surface area contributed by atoms with Crippen molar-refractivity contribution < 1.29 is 19.8 Å². The van der Waals surface area contributed by atoms with Crippen LogP contribution in [-0.2, 0) is 0 Å². The van der Waals surface area contributed by atoms with Gasteiger partial charge in [0.05, 0.1) is 11.3 Å². The first-order valence-corrected chi connectivity index (χ1v) is 5.84. The molecule has 1 heterocycles. The Bertz CT molecular complexity index is 688. The number of phenolic OH excluding ortho intramolecular Hbond substituents is 1. The van der Waals surface area contributed by atoms with E-state index in [1.54, 1.807) is 0 Å². The predicted octanol–water partition coefficient (Wildman–Crippen LogP) is 2.39. The molecule has 0 atom stereocenters. The van der Waals surface area contributed by atoms with Crippen molar-refractivity contribution in [1.82, 2.24) is 4.98 Å². The molecule has 0 saturated heterocycles. The molecule has 3 N–H and O–H groups in total. The van der Waals surface area contributed by atoms with Gasteiger partial charge in [0.2, 0.25) is 0 Å². The molecule has 1 aromatic carbocycles. The highest BCUT2D eigenvalue weighted by molar-refractivity contribution is 6.31. The molecule has 2 rings (SSSR count). The Balaban J connectivity index is 2.22. The maximum absolute atomic E-state index is 11.9. The monoisotopic (exact) mass is 292 g/mol. The van der Waals surface area contributed by atoms with E-state index in [-0.39, 0.29) is 22.7 Å². The number of aromatic nitrogens is 1. The second-order valence-electron chi connectivity index (χ2n) is 3.85. The minimum Gasteiger partial charge on any atom is -0.506 e. The first-order chi connectivity index (χ1) is 9.47. The minimum atomic E-state index is -1.17. The van der Waals surface area contributed by atoms with E-state index in [9.17, 15) is 14.7 Å². The van der Waals surface area contributed by atoms with E-state index in [2.05, 4.69) is 10.3 Å². The van der Waals surface area contributed by atoms with Crippen molar-refractivity contribution >= 4 is 29.2 Å². The summed E-state index contributed by atoms with van der Waals surface area (Å²) in [4.78, 5) is 26.4. The summed E-state index contributed by atoms with van der Waals surface area (Å²) < 4.78 is 0. The van der Waals surface area contributed by atoms with Gasteiger partial charge in [0.25, 0.3) is 5.91 Å². The van der Waals surface area contributed by atoms with Gasteiger partial charge >= 0.3 is 5.97 Å². The van der Waals surface area contributed by atoms with E-state index >= 15 is 0 Å². The number of nitrogens with one attached hydrogen (secondary N) is 1. The van der Waals surface area contributed by atoms with E-state index in [4.69, 9.17) is 16.7 Å². The quantitative estimate of drug-likeness (QED) is 0.754. The van der Waals surface area contributed by atoms with Crippen LogP contribution in [0.25, 0.3) is 0 Å². The molecule has 0 saturated carbocycles. The summed E-state index contributed by atoms with van der Waals surface area (Å²) in [6, 6.07) is 6.50. The van der Waals surface area contributed by atoms with E-state index in [0.29, 0.717) is 5.02 Å². The fourth-order valence-electron chi connectivity index (χ4n) is 1.49. The molecule has 1 amide bonds. The van der Waals surface area contributed by atoms with Crippen molar-refractivity contribution in [3.63, 3.8) is 0 Å². The summed E-state index contributed by atoms with van der Waals surface area (Å²) in [5, 5.41) is 21.2. The minimum absolute atomic E-state index is 0.0821. The Morgan fingerprint density at radius 3 is 2.55 bits per heavy atom. The predicted molar refractivity (Wildman–Crippen MR) is 72.3 cm³/mol. The van der Waals surface area contributed by atoms with Gasteiger partial charge in [0, 0.05) is 11.2 Å². The molecule has 0 aliphatic carbocycles. The summed E-state index contributed by atoms with van der Waals surface area (Å²) in [7, 11) is 0. The first kappa shape index (κ1) is 13.8. The SMILES string of the molecule is O=C(O)c1ccc(NC(=O)c2cc(Cl)ccn2)c(O)c1. The van der Waals surface area contributed by atoms with Crippen LogP contribution in [0, 0.1) is 0 Å². The Morgan fingerprint density at radius 1 is 1.20 bits per heavy atom. The fraction of sp³-hybridized carbons (Fsp3) is 0. The van der Waals surface area contributed by atoms with E-state index in [1.165, 1.54) is 30.5 Å². The average Bonchev–Trinajstić information content (AvgIpc) is 2.40. The molecule has 0 bridgehead atoms. The number of aromatic hydroxyl groups is 1. The molecule has 102 valence electrons. The molecule has 0 fully saturated rings. The van der Waals surface area contributed by atoms with Crippen LogP contribution in [0.15, 0.2) is 36.5 Å². The lowest BCUT2D eigenvalue weighted by Gasteiger charge is -2.07. The van der Waals surface area contributed by atoms with Gasteiger partial charge in [-0.1, -0.05) is 11.6 Å². The number of nitrogens with zero attached hydrogens (tertiary/aromatic N) is 1. The van der Waals surface area contributed by atoms with Crippen molar-refractivity contribution in [3.05, 3.63) is 52.8 Å². The van der Waals surface area contributed by atoms with Crippen LogP contribution < -0.4 is 5.32 Å². The maximum atomic E-state index is 11.9. The third kappa shape index (κ3) is 3.04. The van der Waals surface area contributed by atoms with Crippen molar-refractivity contribution in [2.75, 3.05) is 5.32 Å². The summed E-state index contributed by atoms with van der Waals surface area (Å²) in [5.41, 5.74) is 0.0855. The van der Waals surface area contributed by atoms with Gasteiger partial charge in [-0.25, -0.2) is 4.79 Å². The number of amides is 1.